The quantitative estimate of drug-likeness (QED) is 0.725. The largest absolute Gasteiger partial charge is 0.411 e. The van der Waals surface area contributed by atoms with E-state index in [4.69, 9.17) is 5.73 Å². The lowest BCUT2D eigenvalue weighted by Crippen LogP contribution is -2.44. The van der Waals surface area contributed by atoms with E-state index in [9.17, 15) is 13.2 Å². The Morgan fingerprint density at radius 1 is 1.13 bits per heavy atom. The van der Waals surface area contributed by atoms with E-state index in [0.29, 0.717) is 12.8 Å². The third kappa shape index (κ3) is 7.62. The van der Waals surface area contributed by atoms with Crippen molar-refractivity contribution < 1.29 is 17.9 Å². The van der Waals surface area contributed by atoms with Gasteiger partial charge in [0.2, 0.25) is 0 Å². The van der Waals surface area contributed by atoms with Crippen molar-refractivity contribution in [2.45, 2.75) is 51.2 Å². The third-order valence-electron chi connectivity index (χ3n) is 2.39. The molecule has 5 heteroatoms. The molecule has 92 valence electrons. The molecule has 0 aromatic rings. The summed E-state index contributed by atoms with van der Waals surface area (Å²) in [6.07, 6.45) is -1.03. The highest BCUT2D eigenvalue weighted by Gasteiger charge is 2.30. The average Bonchev–Trinajstić information content (AvgIpc) is 2.13. The van der Waals surface area contributed by atoms with Crippen molar-refractivity contribution in [3.8, 4) is 0 Å². The molecule has 0 amide bonds. The molecule has 0 aliphatic rings. The number of halogens is 3. The third-order valence-corrected chi connectivity index (χ3v) is 2.39. The highest BCUT2D eigenvalue weighted by atomic mass is 19.4. The minimum Gasteiger partial charge on any atom is -0.370 e. The van der Waals surface area contributed by atoms with Gasteiger partial charge in [0.25, 0.3) is 0 Å². The van der Waals surface area contributed by atoms with Crippen LogP contribution in [-0.4, -0.2) is 24.9 Å². The molecule has 0 aliphatic carbocycles. The van der Waals surface area contributed by atoms with Crippen LogP contribution in [0, 0.1) is 0 Å². The first-order valence-corrected chi connectivity index (χ1v) is 5.26. The van der Waals surface area contributed by atoms with Gasteiger partial charge in [0.15, 0.2) is 0 Å². The normalized spacial score (nSPS) is 16.4. The Kier molecular flexibility index (Phi) is 6.20. The fourth-order valence-electron chi connectivity index (χ4n) is 1.25. The highest BCUT2D eigenvalue weighted by molar-refractivity contribution is 4.82. The minimum atomic E-state index is -4.26. The van der Waals surface area contributed by atoms with Crippen molar-refractivity contribution in [1.82, 2.24) is 0 Å². The van der Waals surface area contributed by atoms with Crippen LogP contribution in [0.2, 0.25) is 0 Å². The first-order chi connectivity index (χ1) is 6.83. The molecule has 0 aromatic carbocycles. The summed E-state index contributed by atoms with van der Waals surface area (Å²) in [5.74, 6) is 0. The monoisotopic (exact) mass is 227 g/mol. The molecule has 0 fully saturated rings. The van der Waals surface area contributed by atoms with Crippen LogP contribution >= 0.6 is 0 Å². The maximum atomic E-state index is 11.8. The molecule has 15 heavy (non-hydrogen) atoms. The van der Waals surface area contributed by atoms with Crippen molar-refractivity contribution >= 4 is 0 Å². The molecule has 1 unspecified atom stereocenters. The van der Waals surface area contributed by atoms with Crippen LogP contribution in [0.25, 0.3) is 0 Å². The van der Waals surface area contributed by atoms with Crippen molar-refractivity contribution in [3.05, 3.63) is 0 Å². The zero-order chi connectivity index (χ0) is 11.9. The van der Waals surface area contributed by atoms with Gasteiger partial charge in [-0.05, 0) is 12.8 Å². The molecule has 0 saturated carbocycles. The van der Waals surface area contributed by atoms with Gasteiger partial charge in [0, 0.05) is 5.54 Å². The van der Waals surface area contributed by atoms with Gasteiger partial charge in [-0.2, -0.15) is 13.2 Å². The maximum absolute atomic E-state index is 11.8. The first kappa shape index (κ1) is 14.7. The second kappa shape index (κ2) is 6.33. The summed E-state index contributed by atoms with van der Waals surface area (Å²) in [6, 6.07) is 0. The van der Waals surface area contributed by atoms with Gasteiger partial charge >= 0.3 is 6.18 Å². The van der Waals surface area contributed by atoms with Crippen molar-refractivity contribution in [2.24, 2.45) is 5.73 Å². The summed E-state index contributed by atoms with van der Waals surface area (Å²) in [4.78, 5) is 0. The van der Waals surface area contributed by atoms with Crippen LogP contribution in [0.1, 0.15) is 39.5 Å². The van der Waals surface area contributed by atoms with E-state index < -0.39 is 18.3 Å². The van der Waals surface area contributed by atoms with Gasteiger partial charge in [-0.1, -0.05) is 26.7 Å². The maximum Gasteiger partial charge on any atom is 0.411 e. The van der Waals surface area contributed by atoms with Crippen LogP contribution in [0.4, 0.5) is 13.2 Å². The summed E-state index contributed by atoms with van der Waals surface area (Å²) in [7, 11) is 0. The highest BCUT2D eigenvalue weighted by Crippen LogP contribution is 2.19. The Bertz CT molecular complexity index is 173. The van der Waals surface area contributed by atoms with Crippen LogP contribution in [0.5, 0.6) is 0 Å². The zero-order valence-corrected chi connectivity index (χ0v) is 9.36. The topological polar surface area (TPSA) is 35.2 Å². The van der Waals surface area contributed by atoms with Gasteiger partial charge in [0.1, 0.15) is 6.61 Å². The van der Waals surface area contributed by atoms with E-state index in [2.05, 4.69) is 4.74 Å². The molecule has 0 heterocycles. The molecule has 0 aromatic heterocycles. The molecule has 0 radical (unpaired) electrons. The minimum absolute atomic E-state index is 0.0248. The standard InChI is InChI=1S/C10H20F3NO/c1-3-5-6-9(14,4-2)7-15-8-10(11,12)13/h3-8,14H2,1-2H3. The Morgan fingerprint density at radius 3 is 2.13 bits per heavy atom. The van der Waals surface area contributed by atoms with Crippen LogP contribution in [0.15, 0.2) is 0 Å². The number of hydrogen-bond donors (Lipinski definition) is 1. The van der Waals surface area contributed by atoms with Crippen molar-refractivity contribution in [1.29, 1.82) is 0 Å². The Hall–Kier alpha value is -0.290. The Morgan fingerprint density at radius 2 is 1.73 bits per heavy atom. The summed E-state index contributed by atoms with van der Waals surface area (Å²) >= 11 is 0. The predicted octanol–water partition coefficient (Wildman–Crippen LogP) is 2.86. The predicted molar refractivity (Wildman–Crippen MR) is 53.6 cm³/mol. The lowest BCUT2D eigenvalue weighted by molar-refractivity contribution is -0.177. The summed E-state index contributed by atoms with van der Waals surface area (Å²) in [5, 5.41) is 0. The van der Waals surface area contributed by atoms with Crippen LogP contribution < -0.4 is 5.73 Å². The van der Waals surface area contributed by atoms with Crippen LogP contribution in [-0.2, 0) is 4.74 Å². The number of rotatable bonds is 7. The zero-order valence-electron chi connectivity index (χ0n) is 9.36. The summed E-state index contributed by atoms with van der Waals surface area (Å²) in [5.41, 5.74) is 5.31. The molecule has 1 atom stereocenters. The van der Waals surface area contributed by atoms with Crippen LogP contribution in [0.3, 0.4) is 0 Å². The smallest absolute Gasteiger partial charge is 0.370 e. The molecule has 0 bridgehead atoms. The van der Waals surface area contributed by atoms with Gasteiger partial charge in [0.05, 0.1) is 6.61 Å². The first-order valence-electron chi connectivity index (χ1n) is 5.26. The Labute approximate surface area is 89.0 Å². The van der Waals surface area contributed by atoms with E-state index in [1.165, 1.54) is 0 Å². The van der Waals surface area contributed by atoms with Gasteiger partial charge in [-0.25, -0.2) is 0 Å². The molecule has 0 aliphatic heterocycles. The molecule has 0 spiro atoms. The fraction of sp³-hybridized carbons (Fsp3) is 1.00. The van der Waals surface area contributed by atoms with Gasteiger partial charge in [-0.3, -0.25) is 0 Å². The van der Waals surface area contributed by atoms with E-state index in [1.807, 2.05) is 13.8 Å². The molecule has 0 rings (SSSR count). The fourth-order valence-corrected chi connectivity index (χ4v) is 1.25. The molecule has 2 nitrogen and oxygen atoms in total. The SMILES string of the molecule is CCCCC(N)(CC)COCC(F)(F)F. The number of unbranched alkanes of at least 4 members (excludes halogenated alkanes) is 1. The molecular formula is C10H20F3NO. The van der Waals surface area contributed by atoms with E-state index in [1.54, 1.807) is 0 Å². The van der Waals surface area contributed by atoms with E-state index >= 15 is 0 Å². The second-order valence-electron chi connectivity index (χ2n) is 3.93. The van der Waals surface area contributed by atoms with E-state index in [-0.39, 0.29) is 6.61 Å². The number of ether oxygens (including phenoxy) is 1. The van der Waals surface area contributed by atoms with Crippen molar-refractivity contribution in [2.75, 3.05) is 13.2 Å². The van der Waals surface area contributed by atoms with E-state index in [0.717, 1.165) is 12.8 Å². The average molecular weight is 227 g/mol. The lowest BCUT2D eigenvalue weighted by atomic mass is 9.92. The summed E-state index contributed by atoms with van der Waals surface area (Å²) < 4.78 is 40.1. The molecule has 0 saturated heterocycles. The molecule has 2 N–H and O–H groups in total. The molecular weight excluding hydrogens is 207 g/mol. The number of alkyl halides is 3. The number of nitrogens with two attached hydrogens (primary N) is 1. The van der Waals surface area contributed by atoms with Crippen molar-refractivity contribution in [3.63, 3.8) is 0 Å². The second-order valence-corrected chi connectivity index (χ2v) is 3.93. The number of hydrogen-bond acceptors (Lipinski definition) is 2. The van der Waals surface area contributed by atoms with Gasteiger partial charge < -0.3 is 10.5 Å². The van der Waals surface area contributed by atoms with Gasteiger partial charge in [-0.15, -0.1) is 0 Å². The lowest BCUT2D eigenvalue weighted by Gasteiger charge is -2.28. The Balaban J connectivity index is 3.87. The summed E-state index contributed by atoms with van der Waals surface area (Å²) in [6.45, 7) is 2.65.